The van der Waals surface area contributed by atoms with Gasteiger partial charge < -0.3 is 20.1 Å². The van der Waals surface area contributed by atoms with Crippen molar-refractivity contribution >= 4 is 5.91 Å². The quantitative estimate of drug-likeness (QED) is 0.715. The van der Waals surface area contributed by atoms with E-state index in [-0.39, 0.29) is 30.3 Å². The summed E-state index contributed by atoms with van der Waals surface area (Å²) in [6.07, 6.45) is 2.29. The largest absolute Gasteiger partial charge is 0.376 e. The third-order valence-corrected chi connectivity index (χ3v) is 3.46. The molecule has 2 N–H and O–H groups in total. The van der Waals surface area contributed by atoms with Crippen molar-refractivity contribution in [1.29, 1.82) is 0 Å². The number of hydrogen-bond acceptors (Lipinski definition) is 4. The standard InChI is InChI=1S/C12H22N2O3/c1-9(10-4-3-5-16-10)14-11(15)6-17-12(2)7-13-8-12/h9-10,13H,3-8H2,1-2H3,(H,14,15). The molecule has 1 amide bonds. The van der Waals surface area contributed by atoms with Crippen molar-refractivity contribution in [1.82, 2.24) is 10.6 Å². The molecule has 0 aromatic heterocycles. The summed E-state index contributed by atoms with van der Waals surface area (Å²) in [5.74, 6) is -0.0545. The van der Waals surface area contributed by atoms with Crippen molar-refractivity contribution in [3.05, 3.63) is 0 Å². The fourth-order valence-corrected chi connectivity index (χ4v) is 2.20. The molecule has 0 aliphatic carbocycles. The van der Waals surface area contributed by atoms with Gasteiger partial charge in [-0.25, -0.2) is 0 Å². The molecule has 0 bridgehead atoms. The highest BCUT2D eigenvalue weighted by atomic mass is 16.5. The predicted octanol–water partition coefficient (Wildman–Crippen LogP) is 0.0486. The molecule has 2 fully saturated rings. The molecule has 0 spiro atoms. The lowest BCUT2D eigenvalue weighted by atomic mass is 10.0. The molecule has 2 aliphatic heterocycles. The van der Waals surface area contributed by atoms with E-state index in [2.05, 4.69) is 10.6 Å². The summed E-state index contributed by atoms with van der Waals surface area (Å²) < 4.78 is 11.1. The second-order valence-electron chi connectivity index (χ2n) is 5.25. The summed E-state index contributed by atoms with van der Waals surface area (Å²) in [7, 11) is 0. The van der Waals surface area contributed by atoms with E-state index in [9.17, 15) is 4.79 Å². The Bertz CT molecular complexity index is 273. The van der Waals surface area contributed by atoms with Crippen LogP contribution >= 0.6 is 0 Å². The maximum Gasteiger partial charge on any atom is 0.246 e. The summed E-state index contributed by atoms with van der Waals surface area (Å²) in [5, 5.41) is 6.07. The van der Waals surface area contributed by atoms with Crippen LogP contribution in [-0.2, 0) is 14.3 Å². The average molecular weight is 242 g/mol. The highest BCUT2D eigenvalue weighted by Crippen LogP contribution is 2.16. The van der Waals surface area contributed by atoms with Crippen molar-refractivity contribution in [2.45, 2.75) is 44.4 Å². The summed E-state index contributed by atoms with van der Waals surface area (Å²) in [6, 6.07) is 0.0703. The van der Waals surface area contributed by atoms with Gasteiger partial charge in [0, 0.05) is 19.7 Å². The second kappa shape index (κ2) is 5.33. The molecule has 2 unspecified atom stereocenters. The van der Waals surface area contributed by atoms with Crippen LogP contribution in [0.15, 0.2) is 0 Å². The van der Waals surface area contributed by atoms with Gasteiger partial charge in [-0.1, -0.05) is 0 Å². The molecule has 0 saturated carbocycles. The van der Waals surface area contributed by atoms with Crippen LogP contribution in [0.3, 0.4) is 0 Å². The molecule has 0 radical (unpaired) electrons. The monoisotopic (exact) mass is 242 g/mol. The zero-order valence-electron chi connectivity index (χ0n) is 10.6. The summed E-state index contributed by atoms with van der Waals surface area (Å²) in [5.41, 5.74) is -0.162. The Morgan fingerprint density at radius 2 is 2.41 bits per heavy atom. The molecule has 0 aromatic rings. The van der Waals surface area contributed by atoms with E-state index in [0.717, 1.165) is 32.5 Å². The van der Waals surface area contributed by atoms with E-state index in [4.69, 9.17) is 9.47 Å². The number of carbonyl (C=O) groups is 1. The second-order valence-corrected chi connectivity index (χ2v) is 5.25. The van der Waals surface area contributed by atoms with Crippen LogP contribution in [0.2, 0.25) is 0 Å². The number of nitrogens with one attached hydrogen (secondary N) is 2. The highest BCUT2D eigenvalue weighted by molar-refractivity contribution is 5.77. The molecule has 5 nitrogen and oxygen atoms in total. The minimum absolute atomic E-state index is 0.0545. The minimum atomic E-state index is -0.162. The Kier molecular flexibility index (Phi) is 4.01. The summed E-state index contributed by atoms with van der Waals surface area (Å²) in [6.45, 7) is 6.59. The van der Waals surface area contributed by atoms with E-state index in [1.54, 1.807) is 0 Å². The number of carbonyl (C=O) groups excluding carboxylic acids is 1. The smallest absolute Gasteiger partial charge is 0.246 e. The van der Waals surface area contributed by atoms with Crippen LogP contribution in [0.5, 0.6) is 0 Å². The average Bonchev–Trinajstić information content (AvgIpc) is 2.77. The van der Waals surface area contributed by atoms with Crippen molar-refractivity contribution in [2.75, 3.05) is 26.3 Å². The Balaban J connectivity index is 1.65. The van der Waals surface area contributed by atoms with Gasteiger partial charge in [-0.3, -0.25) is 4.79 Å². The number of amides is 1. The first-order valence-electron chi connectivity index (χ1n) is 6.35. The van der Waals surface area contributed by atoms with E-state index in [1.807, 2.05) is 13.8 Å². The predicted molar refractivity (Wildman–Crippen MR) is 63.8 cm³/mol. The molecule has 2 rings (SSSR count). The Hall–Kier alpha value is -0.650. The zero-order valence-corrected chi connectivity index (χ0v) is 10.6. The molecule has 2 saturated heterocycles. The van der Waals surface area contributed by atoms with E-state index < -0.39 is 0 Å². The molecule has 98 valence electrons. The fourth-order valence-electron chi connectivity index (χ4n) is 2.20. The molecule has 2 heterocycles. The molecule has 2 aliphatic rings. The normalized spacial score (nSPS) is 28.5. The number of hydrogen-bond donors (Lipinski definition) is 2. The molecule has 5 heteroatoms. The Labute approximate surface area is 102 Å². The van der Waals surface area contributed by atoms with Gasteiger partial charge >= 0.3 is 0 Å². The minimum Gasteiger partial charge on any atom is -0.376 e. The van der Waals surface area contributed by atoms with Gasteiger partial charge in [-0.15, -0.1) is 0 Å². The van der Waals surface area contributed by atoms with Gasteiger partial charge in [0.1, 0.15) is 6.61 Å². The van der Waals surface area contributed by atoms with E-state index >= 15 is 0 Å². The topological polar surface area (TPSA) is 59.6 Å². The van der Waals surface area contributed by atoms with Gasteiger partial charge in [0.15, 0.2) is 0 Å². The van der Waals surface area contributed by atoms with Crippen LogP contribution in [-0.4, -0.2) is 50.0 Å². The van der Waals surface area contributed by atoms with E-state index in [0.29, 0.717) is 0 Å². The third-order valence-electron chi connectivity index (χ3n) is 3.46. The van der Waals surface area contributed by atoms with Gasteiger partial charge in [-0.05, 0) is 26.7 Å². The van der Waals surface area contributed by atoms with Crippen molar-refractivity contribution < 1.29 is 14.3 Å². The van der Waals surface area contributed by atoms with Gasteiger partial charge in [0.2, 0.25) is 5.91 Å². The SMILES string of the molecule is CC(NC(=O)COC1(C)CNC1)C1CCCO1. The molecule has 2 atom stereocenters. The molecular formula is C12H22N2O3. The summed E-state index contributed by atoms with van der Waals surface area (Å²) >= 11 is 0. The van der Waals surface area contributed by atoms with Gasteiger partial charge in [0.05, 0.1) is 17.7 Å². The molecule has 0 aromatic carbocycles. The first kappa shape index (κ1) is 12.8. The van der Waals surface area contributed by atoms with Gasteiger partial charge in [0.25, 0.3) is 0 Å². The van der Waals surface area contributed by atoms with Crippen molar-refractivity contribution in [2.24, 2.45) is 0 Å². The van der Waals surface area contributed by atoms with Crippen LogP contribution in [0.25, 0.3) is 0 Å². The fraction of sp³-hybridized carbons (Fsp3) is 0.917. The highest BCUT2D eigenvalue weighted by Gasteiger charge is 2.33. The lowest BCUT2D eigenvalue weighted by Crippen LogP contribution is -2.60. The maximum absolute atomic E-state index is 11.7. The summed E-state index contributed by atoms with van der Waals surface area (Å²) in [4.78, 5) is 11.7. The van der Waals surface area contributed by atoms with Crippen LogP contribution in [0.1, 0.15) is 26.7 Å². The lowest BCUT2D eigenvalue weighted by molar-refractivity contribution is -0.137. The number of ether oxygens (including phenoxy) is 2. The van der Waals surface area contributed by atoms with Gasteiger partial charge in [-0.2, -0.15) is 0 Å². The van der Waals surface area contributed by atoms with E-state index in [1.165, 1.54) is 0 Å². The van der Waals surface area contributed by atoms with Crippen LogP contribution in [0.4, 0.5) is 0 Å². The first-order chi connectivity index (χ1) is 8.09. The lowest BCUT2D eigenvalue weighted by Gasteiger charge is -2.38. The molecular weight excluding hydrogens is 220 g/mol. The van der Waals surface area contributed by atoms with Crippen molar-refractivity contribution in [3.63, 3.8) is 0 Å². The van der Waals surface area contributed by atoms with Crippen LogP contribution < -0.4 is 10.6 Å². The number of rotatable bonds is 5. The van der Waals surface area contributed by atoms with Crippen molar-refractivity contribution in [3.8, 4) is 0 Å². The molecule has 17 heavy (non-hydrogen) atoms. The van der Waals surface area contributed by atoms with Crippen LogP contribution in [0, 0.1) is 0 Å². The maximum atomic E-state index is 11.7. The Morgan fingerprint density at radius 1 is 1.65 bits per heavy atom. The third kappa shape index (κ3) is 3.40. The first-order valence-corrected chi connectivity index (χ1v) is 6.35. The Morgan fingerprint density at radius 3 is 2.94 bits per heavy atom. The zero-order chi connectivity index (χ0) is 12.3.